The van der Waals surface area contributed by atoms with E-state index in [2.05, 4.69) is 31.7 Å². The molecule has 2 aliphatic rings. The summed E-state index contributed by atoms with van der Waals surface area (Å²) < 4.78 is 23.9. The zero-order chi connectivity index (χ0) is 22.3. The molecule has 0 radical (unpaired) electrons. The van der Waals surface area contributed by atoms with Gasteiger partial charge in [-0.1, -0.05) is 12.1 Å². The number of piperazine rings is 1. The van der Waals surface area contributed by atoms with Crippen LogP contribution in [0.3, 0.4) is 0 Å². The van der Waals surface area contributed by atoms with E-state index in [9.17, 15) is 8.42 Å². The monoisotopic (exact) mass is 454 g/mol. The molecule has 0 bridgehead atoms. The Kier molecular flexibility index (Phi) is 5.65. The fourth-order valence-electron chi connectivity index (χ4n) is 4.79. The number of imidazole rings is 1. The highest BCUT2D eigenvalue weighted by Crippen LogP contribution is 2.30. The van der Waals surface area contributed by atoms with Crippen LogP contribution in [0.1, 0.15) is 12.8 Å². The predicted octanol–water partition coefficient (Wildman–Crippen LogP) is 2.24. The summed E-state index contributed by atoms with van der Waals surface area (Å²) in [6, 6.07) is 9.47. The van der Waals surface area contributed by atoms with Crippen LogP contribution in [0.25, 0.3) is 22.4 Å². The number of aromatic amines is 1. The fourth-order valence-corrected chi connectivity index (χ4v) is 5.46. The molecule has 0 aliphatic carbocycles. The third-order valence-corrected chi connectivity index (χ3v) is 7.85. The molecule has 0 saturated carbocycles. The van der Waals surface area contributed by atoms with Gasteiger partial charge < -0.3 is 14.8 Å². The number of rotatable bonds is 4. The van der Waals surface area contributed by atoms with Gasteiger partial charge in [0, 0.05) is 63.3 Å². The standard InChI is InChI=1S/C23H30N6O2S/c1-27-12-14-28(15-13-27)18-7-10-29(11-8-18)23-21-20(6-9-24-23)25-22(26-21)17-4-3-5-19(16-17)32(2,30)31/h3-6,9,16,18H,7-8,10-15H2,1-2H3,(H,25,26). The van der Waals surface area contributed by atoms with E-state index in [-0.39, 0.29) is 0 Å². The van der Waals surface area contributed by atoms with Crippen molar-refractivity contribution < 1.29 is 8.42 Å². The average Bonchev–Trinajstić information content (AvgIpc) is 3.24. The van der Waals surface area contributed by atoms with Crippen molar-refractivity contribution in [2.24, 2.45) is 0 Å². The number of pyridine rings is 1. The molecule has 8 nitrogen and oxygen atoms in total. The molecule has 1 aromatic carbocycles. The number of anilines is 1. The minimum Gasteiger partial charge on any atom is -0.355 e. The van der Waals surface area contributed by atoms with Gasteiger partial charge in [0.1, 0.15) is 11.3 Å². The maximum absolute atomic E-state index is 12.0. The lowest BCUT2D eigenvalue weighted by atomic mass is 10.0. The second-order valence-electron chi connectivity index (χ2n) is 8.97. The molecule has 2 aliphatic heterocycles. The van der Waals surface area contributed by atoms with E-state index >= 15 is 0 Å². The number of nitrogens with one attached hydrogen (secondary N) is 1. The van der Waals surface area contributed by atoms with Crippen molar-refractivity contribution in [1.82, 2.24) is 24.8 Å². The summed E-state index contributed by atoms with van der Waals surface area (Å²) in [6.07, 6.45) is 5.31. The normalized spacial score (nSPS) is 19.6. The van der Waals surface area contributed by atoms with E-state index < -0.39 is 9.84 Å². The van der Waals surface area contributed by atoms with E-state index in [4.69, 9.17) is 4.98 Å². The molecule has 2 aromatic heterocycles. The largest absolute Gasteiger partial charge is 0.355 e. The summed E-state index contributed by atoms with van der Waals surface area (Å²) in [4.78, 5) is 20.5. The van der Waals surface area contributed by atoms with Gasteiger partial charge in [-0.2, -0.15) is 0 Å². The number of likely N-dealkylation sites (N-methyl/N-ethyl adjacent to an activating group) is 1. The Morgan fingerprint density at radius 2 is 1.78 bits per heavy atom. The van der Waals surface area contributed by atoms with Crippen LogP contribution in [0.5, 0.6) is 0 Å². The molecule has 170 valence electrons. The van der Waals surface area contributed by atoms with Gasteiger partial charge in [0.2, 0.25) is 0 Å². The second kappa shape index (κ2) is 8.46. The van der Waals surface area contributed by atoms with E-state index in [1.54, 1.807) is 18.2 Å². The van der Waals surface area contributed by atoms with Gasteiger partial charge in [0.15, 0.2) is 15.7 Å². The Balaban J connectivity index is 1.37. The smallest absolute Gasteiger partial charge is 0.175 e. The first-order valence-corrected chi connectivity index (χ1v) is 13.1. The third kappa shape index (κ3) is 4.24. The van der Waals surface area contributed by atoms with Crippen molar-refractivity contribution in [3.63, 3.8) is 0 Å². The van der Waals surface area contributed by atoms with Crippen LogP contribution >= 0.6 is 0 Å². The Morgan fingerprint density at radius 3 is 2.50 bits per heavy atom. The molecule has 0 atom stereocenters. The number of aromatic nitrogens is 3. The van der Waals surface area contributed by atoms with Crippen molar-refractivity contribution in [2.75, 3.05) is 57.5 Å². The number of hydrogen-bond donors (Lipinski definition) is 1. The van der Waals surface area contributed by atoms with Crippen LogP contribution in [-0.2, 0) is 9.84 Å². The first kappa shape index (κ1) is 21.4. The molecule has 2 saturated heterocycles. The molecule has 1 N–H and O–H groups in total. The number of nitrogens with zero attached hydrogens (tertiary/aromatic N) is 5. The highest BCUT2D eigenvalue weighted by Gasteiger charge is 2.28. The number of piperidine rings is 1. The maximum atomic E-state index is 12.0. The highest BCUT2D eigenvalue weighted by atomic mass is 32.2. The number of benzene rings is 1. The van der Waals surface area contributed by atoms with Gasteiger partial charge in [0.05, 0.1) is 10.4 Å². The van der Waals surface area contributed by atoms with Crippen LogP contribution in [-0.4, -0.2) is 91.8 Å². The Morgan fingerprint density at radius 1 is 1.03 bits per heavy atom. The van der Waals surface area contributed by atoms with Gasteiger partial charge in [-0.05, 0) is 38.1 Å². The molecule has 5 rings (SSSR count). The van der Waals surface area contributed by atoms with Gasteiger partial charge in [-0.15, -0.1) is 0 Å². The molecule has 2 fully saturated rings. The first-order chi connectivity index (χ1) is 15.4. The molecule has 9 heteroatoms. The van der Waals surface area contributed by atoms with Crippen molar-refractivity contribution in [3.8, 4) is 11.4 Å². The van der Waals surface area contributed by atoms with Gasteiger partial charge in [-0.3, -0.25) is 4.90 Å². The summed E-state index contributed by atoms with van der Waals surface area (Å²) in [5.41, 5.74) is 2.50. The number of fused-ring (bicyclic) bond motifs is 1. The Labute approximate surface area is 189 Å². The summed E-state index contributed by atoms with van der Waals surface area (Å²) in [5.74, 6) is 1.56. The first-order valence-electron chi connectivity index (χ1n) is 11.2. The van der Waals surface area contributed by atoms with E-state index in [1.807, 2.05) is 18.3 Å². The maximum Gasteiger partial charge on any atom is 0.175 e. The zero-order valence-corrected chi connectivity index (χ0v) is 19.5. The van der Waals surface area contributed by atoms with E-state index in [1.165, 1.54) is 6.26 Å². The topological polar surface area (TPSA) is 85.4 Å². The minimum absolute atomic E-state index is 0.291. The molecule has 0 spiro atoms. The Bertz CT molecular complexity index is 1210. The van der Waals surface area contributed by atoms with Crippen molar-refractivity contribution in [3.05, 3.63) is 36.5 Å². The molecular weight excluding hydrogens is 424 g/mol. The summed E-state index contributed by atoms with van der Waals surface area (Å²) in [6.45, 7) is 6.55. The highest BCUT2D eigenvalue weighted by molar-refractivity contribution is 7.90. The Hall–Kier alpha value is -2.49. The van der Waals surface area contributed by atoms with Crippen LogP contribution < -0.4 is 4.90 Å². The van der Waals surface area contributed by atoms with Gasteiger partial charge in [0.25, 0.3) is 0 Å². The number of H-pyrrole nitrogens is 1. The van der Waals surface area contributed by atoms with E-state index in [0.29, 0.717) is 16.8 Å². The van der Waals surface area contributed by atoms with Gasteiger partial charge >= 0.3 is 0 Å². The average molecular weight is 455 g/mol. The summed E-state index contributed by atoms with van der Waals surface area (Å²) in [5, 5.41) is 0. The van der Waals surface area contributed by atoms with E-state index in [0.717, 1.165) is 74.5 Å². The molecule has 32 heavy (non-hydrogen) atoms. The lowest BCUT2D eigenvalue weighted by Crippen LogP contribution is -2.52. The molecule has 3 aromatic rings. The lowest BCUT2D eigenvalue weighted by molar-refractivity contribution is 0.0981. The number of sulfone groups is 1. The lowest BCUT2D eigenvalue weighted by Gasteiger charge is -2.42. The van der Waals surface area contributed by atoms with Crippen LogP contribution in [0, 0.1) is 0 Å². The van der Waals surface area contributed by atoms with Crippen LogP contribution in [0.2, 0.25) is 0 Å². The van der Waals surface area contributed by atoms with Crippen molar-refractivity contribution >= 4 is 26.7 Å². The van der Waals surface area contributed by atoms with Crippen LogP contribution in [0.15, 0.2) is 41.4 Å². The molecular formula is C23H30N6O2S. The summed E-state index contributed by atoms with van der Waals surface area (Å²) in [7, 11) is -1.08. The predicted molar refractivity (Wildman–Crippen MR) is 127 cm³/mol. The van der Waals surface area contributed by atoms with Gasteiger partial charge in [-0.25, -0.2) is 18.4 Å². The second-order valence-corrected chi connectivity index (χ2v) is 11.0. The van der Waals surface area contributed by atoms with Crippen molar-refractivity contribution in [2.45, 2.75) is 23.8 Å². The molecule has 4 heterocycles. The fraction of sp³-hybridized carbons (Fsp3) is 0.478. The number of hydrogen-bond acceptors (Lipinski definition) is 7. The minimum atomic E-state index is -3.28. The molecule has 0 unspecified atom stereocenters. The van der Waals surface area contributed by atoms with Crippen molar-refractivity contribution in [1.29, 1.82) is 0 Å². The summed E-state index contributed by atoms with van der Waals surface area (Å²) >= 11 is 0. The van der Waals surface area contributed by atoms with Crippen LogP contribution in [0.4, 0.5) is 5.82 Å². The third-order valence-electron chi connectivity index (χ3n) is 6.74. The molecule has 0 amide bonds. The quantitative estimate of drug-likeness (QED) is 0.647. The zero-order valence-electron chi connectivity index (χ0n) is 18.7. The SMILES string of the molecule is CN1CCN(C2CCN(c3nccc4[nH]c(-c5cccc(S(C)(=O)=O)c5)nc34)CC2)CC1.